The summed E-state index contributed by atoms with van der Waals surface area (Å²) in [4.78, 5) is 8.81. The topological polar surface area (TPSA) is 17.1 Å². The first-order valence-electron chi connectivity index (χ1n) is 12.3. The van der Waals surface area contributed by atoms with Crippen LogP contribution in [-0.4, -0.2) is 6.29 Å². The fourth-order valence-corrected chi connectivity index (χ4v) is 3.25. The molecule has 1 heteroatoms. The highest BCUT2D eigenvalue weighted by Crippen LogP contribution is 2.34. The minimum atomic E-state index is 0.750. The number of rotatable bonds is 7. The van der Waals surface area contributed by atoms with E-state index in [-0.39, 0.29) is 0 Å². The molecular weight excluding hydrogens is 340 g/mol. The van der Waals surface area contributed by atoms with Crippen molar-refractivity contribution >= 4 is 6.29 Å². The van der Waals surface area contributed by atoms with Gasteiger partial charge in [-0.05, 0) is 44.4 Å². The van der Waals surface area contributed by atoms with Crippen molar-refractivity contribution in [3.63, 3.8) is 0 Å². The Morgan fingerprint density at radius 3 is 1.71 bits per heavy atom. The molecule has 0 saturated heterocycles. The maximum atomic E-state index is 8.81. The van der Waals surface area contributed by atoms with E-state index in [0.29, 0.717) is 0 Å². The first-order valence-corrected chi connectivity index (χ1v) is 12.3. The fraction of sp³-hybridized carbons (Fsp3) is 0.889. The zero-order chi connectivity index (χ0) is 22.8. The van der Waals surface area contributed by atoms with Crippen molar-refractivity contribution in [3.8, 4) is 0 Å². The summed E-state index contributed by atoms with van der Waals surface area (Å²) < 4.78 is 0. The summed E-state index contributed by atoms with van der Waals surface area (Å²) >= 11 is 0. The Hall–Kier alpha value is -0.590. The van der Waals surface area contributed by atoms with Crippen LogP contribution in [0.2, 0.25) is 0 Å². The third-order valence-electron chi connectivity index (χ3n) is 4.46. The average Bonchev–Trinajstić information content (AvgIpc) is 2.65. The summed E-state index contributed by atoms with van der Waals surface area (Å²) in [5.41, 5.74) is 1.32. The van der Waals surface area contributed by atoms with Gasteiger partial charge in [0.05, 0.1) is 0 Å². The van der Waals surface area contributed by atoms with Crippen LogP contribution in [0.25, 0.3) is 0 Å². The van der Waals surface area contributed by atoms with Crippen molar-refractivity contribution in [1.29, 1.82) is 0 Å². The number of hydrogen-bond donors (Lipinski definition) is 0. The molecule has 0 heterocycles. The van der Waals surface area contributed by atoms with E-state index in [1.54, 1.807) is 0 Å². The third kappa shape index (κ3) is 36.3. The molecule has 0 spiro atoms. The summed E-state index contributed by atoms with van der Waals surface area (Å²) in [5, 5.41) is 0. The molecule has 0 bridgehead atoms. The predicted octanol–water partition coefficient (Wildman–Crippen LogP) is 10.0. The van der Waals surface area contributed by atoms with E-state index in [2.05, 4.69) is 55.0 Å². The molecule has 28 heavy (non-hydrogen) atoms. The summed E-state index contributed by atoms with van der Waals surface area (Å²) in [6, 6.07) is 0. The SMILES string of the molecule is C=C(C)CCCCC.CC.CC(C)C.CC=O.CCCC1CCCCC1CC. The van der Waals surface area contributed by atoms with Crippen molar-refractivity contribution in [2.45, 2.75) is 140 Å². The number of unbranched alkanes of at least 4 members (excludes halogenated alkanes) is 2. The smallest absolute Gasteiger partial charge is 0.116 e. The molecule has 0 aromatic heterocycles. The van der Waals surface area contributed by atoms with Gasteiger partial charge in [0.1, 0.15) is 6.29 Å². The minimum absolute atomic E-state index is 0.750. The average molecular weight is 399 g/mol. The molecule has 1 saturated carbocycles. The molecule has 1 fully saturated rings. The van der Waals surface area contributed by atoms with Crippen LogP contribution < -0.4 is 0 Å². The number of hydrogen-bond acceptors (Lipinski definition) is 1. The summed E-state index contributed by atoms with van der Waals surface area (Å²) in [6.07, 6.45) is 16.3. The van der Waals surface area contributed by atoms with Crippen LogP contribution in [0.3, 0.4) is 0 Å². The van der Waals surface area contributed by atoms with Gasteiger partial charge in [-0.1, -0.05) is 119 Å². The maximum absolute atomic E-state index is 8.81. The monoisotopic (exact) mass is 398 g/mol. The van der Waals surface area contributed by atoms with Crippen LogP contribution in [0.1, 0.15) is 140 Å². The highest BCUT2D eigenvalue weighted by atomic mass is 16.1. The molecule has 0 aromatic rings. The number of aldehydes is 1. The second-order valence-corrected chi connectivity index (χ2v) is 8.38. The molecule has 1 rings (SSSR count). The Balaban J connectivity index is -0.000000149. The number of carbonyl (C=O) groups is 1. The second-order valence-electron chi connectivity index (χ2n) is 8.38. The predicted molar refractivity (Wildman–Crippen MR) is 133 cm³/mol. The molecule has 0 radical (unpaired) electrons. The van der Waals surface area contributed by atoms with Crippen molar-refractivity contribution in [1.82, 2.24) is 0 Å². The van der Waals surface area contributed by atoms with Crippen LogP contribution in [0.15, 0.2) is 12.2 Å². The number of carbonyl (C=O) groups excluding carboxylic acids is 1. The molecule has 0 aliphatic heterocycles. The number of allylic oxidation sites excluding steroid dienone is 1. The third-order valence-corrected chi connectivity index (χ3v) is 4.46. The van der Waals surface area contributed by atoms with Gasteiger partial charge >= 0.3 is 0 Å². The molecule has 0 aromatic carbocycles. The lowest BCUT2D eigenvalue weighted by atomic mass is 9.76. The van der Waals surface area contributed by atoms with E-state index in [0.717, 1.165) is 24.0 Å². The van der Waals surface area contributed by atoms with Gasteiger partial charge in [-0.2, -0.15) is 0 Å². The molecular formula is C27H58O. The standard InChI is InChI=1S/C11H22.C8H16.C4H10.C2H4O.C2H6/c1-3-7-11-9-6-5-8-10(11)4-2;1-4-5-6-7-8(2)3;1-4(2)3;1-2-3;1-2/h10-11H,3-9H2,1-2H3;2,4-7H2,1,3H3;4H,1-3H3;2H,1H3;1-2H3. The highest BCUT2D eigenvalue weighted by Gasteiger charge is 2.22. The first-order chi connectivity index (χ1) is 13.3. The van der Waals surface area contributed by atoms with Crippen LogP contribution >= 0.6 is 0 Å². The fourth-order valence-electron chi connectivity index (χ4n) is 3.25. The first kappa shape index (κ1) is 34.9. The Morgan fingerprint density at radius 1 is 0.964 bits per heavy atom. The quantitative estimate of drug-likeness (QED) is 0.237. The van der Waals surface area contributed by atoms with Crippen LogP contribution in [0.5, 0.6) is 0 Å². The van der Waals surface area contributed by atoms with Gasteiger partial charge in [0, 0.05) is 0 Å². The highest BCUT2D eigenvalue weighted by molar-refractivity contribution is 5.44. The zero-order valence-electron chi connectivity index (χ0n) is 21.7. The summed E-state index contributed by atoms with van der Waals surface area (Å²) in [7, 11) is 0. The van der Waals surface area contributed by atoms with E-state index in [9.17, 15) is 0 Å². The van der Waals surface area contributed by atoms with E-state index >= 15 is 0 Å². The van der Waals surface area contributed by atoms with Crippen molar-refractivity contribution in [2.24, 2.45) is 17.8 Å². The minimum Gasteiger partial charge on any atom is -0.304 e. The van der Waals surface area contributed by atoms with E-state index in [4.69, 9.17) is 4.79 Å². The largest absolute Gasteiger partial charge is 0.304 e. The van der Waals surface area contributed by atoms with Gasteiger partial charge in [0.2, 0.25) is 0 Å². The lowest BCUT2D eigenvalue weighted by Crippen LogP contribution is -2.18. The Morgan fingerprint density at radius 2 is 1.39 bits per heavy atom. The van der Waals surface area contributed by atoms with Crippen molar-refractivity contribution in [2.75, 3.05) is 0 Å². The van der Waals surface area contributed by atoms with Gasteiger partial charge in [-0.25, -0.2) is 0 Å². The Bertz CT molecular complexity index is 275. The normalized spacial score (nSPS) is 17.2. The molecule has 2 atom stereocenters. The lowest BCUT2D eigenvalue weighted by molar-refractivity contribution is -0.106. The van der Waals surface area contributed by atoms with Crippen molar-refractivity contribution < 1.29 is 4.79 Å². The van der Waals surface area contributed by atoms with Gasteiger partial charge in [0.25, 0.3) is 0 Å². The summed E-state index contributed by atoms with van der Waals surface area (Å²) in [6.45, 7) is 24.8. The van der Waals surface area contributed by atoms with Crippen LogP contribution in [-0.2, 0) is 4.79 Å². The molecule has 172 valence electrons. The van der Waals surface area contributed by atoms with Crippen molar-refractivity contribution in [3.05, 3.63) is 12.2 Å². The van der Waals surface area contributed by atoms with Gasteiger partial charge in [-0.3, -0.25) is 0 Å². The van der Waals surface area contributed by atoms with E-state index in [1.807, 2.05) is 13.8 Å². The van der Waals surface area contributed by atoms with Gasteiger partial charge in [0.15, 0.2) is 0 Å². The Labute approximate surface area is 181 Å². The zero-order valence-corrected chi connectivity index (χ0v) is 21.7. The second kappa shape index (κ2) is 31.1. The van der Waals surface area contributed by atoms with Crippen LogP contribution in [0.4, 0.5) is 0 Å². The van der Waals surface area contributed by atoms with E-state index in [1.165, 1.54) is 83.1 Å². The molecule has 0 amide bonds. The molecule has 2 unspecified atom stereocenters. The van der Waals surface area contributed by atoms with E-state index < -0.39 is 0 Å². The maximum Gasteiger partial charge on any atom is 0.116 e. The summed E-state index contributed by atoms with van der Waals surface area (Å²) in [5.74, 6) is 2.99. The molecule has 0 N–H and O–H groups in total. The molecule has 1 aliphatic carbocycles. The Kier molecular flexibility index (Phi) is 38.8. The molecule has 1 aliphatic rings. The molecule has 1 nitrogen and oxygen atoms in total. The van der Waals surface area contributed by atoms with Crippen LogP contribution in [0, 0.1) is 17.8 Å². The lowest BCUT2D eigenvalue weighted by Gasteiger charge is -2.30. The van der Waals surface area contributed by atoms with Gasteiger partial charge < -0.3 is 4.79 Å². The van der Waals surface area contributed by atoms with Gasteiger partial charge in [-0.15, -0.1) is 6.58 Å².